The first-order valence-corrected chi connectivity index (χ1v) is 5.83. The average molecular weight is 276 g/mol. The molecule has 1 aromatic heterocycles. The number of amides is 1. The summed E-state index contributed by atoms with van der Waals surface area (Å²) in [5, 5.41) is 0. The zero-order valence-electron chi connectivity index (χ0n) is 10.8. The second kappa shape index (κ2) is 6.46. The molecule has 20 heavy (non-hydrogen) atoms. The van der Waals surface area contributed by atoms with Crippen LogP contribution >= 0.6 is 0 Å². The number of rotatable bonds is 5. The number of carbonyl (C=O) groups is 1. The molecule has 0 atom stereocenters. The third-order valence-electron chi connectivity index (χ3n) is 2.41. The van der Waals surface area contributed by atoms with Gasteiger partial charge in [-0.15, -0.1) is 0 Å². The highest BCUT2D eigenvalue weighted by atomic mass is 19.1. The fraction of sp³-hybridized carbons (Fsp3) is 0.154. The number of ether oxygens (including phenoxy) is 1. The van der Waals surface area contributed by atoms with Gasteiger partial charge in [-0.1, -0.05) is 12.1 Å². The molecule has 7 heteroatoms. The van der Waals surface area contributed by atoms with E-state index in [1.807, 2.05) is 0 Å². The summed E-state index contributed by atoms with van der Waals surface area (Å²) in [4.78, 5) is 19.5. The second-order valence-electron chi connectivity index (χ2n) is 3.90. The molecule has 0 fully saturated rings. The summed E-state index contributed by atoms with van der Waals surface area (Å²) in [6, 6.07) is 7.44. The first kappa shape index (κ1) is 13.7. The Balaban J connectivity index is 1.88. The zero-order chi connectivity index (χ0) is 14.4. The Morgan fingerprint density at radius 3 is 3.00 bits per heavy atom. The Labute approximate surface area is 115 Å². The highest BCUT2D eigenvalue weighted by Gasteiger charge is 2.05. The van der Waals surface area contributed by atoms with Gasteiger partial charge in [0.15, 0.2) is 0 Å². The number of nitrogens with zero attached hydrogens (tertiary/aromatic N) is 2. The topological polar surface area (TPSA) is 76.1 Å². The van der Waals surface area contributed by atoms with Crippen LogP contribution in [0.4, 0.5) is 10.3 Å². The van der Waals surface area contributed by atoms with Crippen molar-refractivity contribution in [3.8, 4) is 5.88 Å². The summed E-state index contributed by atoms with van der Waals surface area (Å²) in [5.74, 6) is -0.125. The molecule has 0 spiro atoms. The molecule has 2 rings (SSSR count). The van der Waals surface area contributed by atoms with Crippen LogP contribution in [0, 0.1) is 5.82 Å². The fourth-order valence-electron chi connectivity index (χ4n) is 1.52. The molecule has 0 bridgehead atoms. The smallest absolute Gasteiger partial charge is 0.245 e. The highest BCUT2D eigenvalue weighted by Crippen LogP contribution is 2.06. The normalized spacial score (nSPS) is 9.90. The van der Waals surface area contributed by atoms with Crippen LogP contribution in [0.3, 0.4) is 0 Å². The fourth-order valence-corrected chi connectivity index (χ4v) is 1.52. The standard InChI is InChI=1S/C13H13FN4O2/c1-20-12-5-6-15-13(16-12)18-17-11(19)8-9-3-2-4-10(14)7-9/h2-7H,8H2,1H3,(H,17,19)(H,15,16,18). The predicted molar refractivity (Wildman–Crippen MR) is 70.5 cm³/mol. The van der Waals surface area contributed by atoms with Crippen LogP contribution in [0.2, 0.25) is 0 Å². The molecular formula is C13H13FN4O2. The molecule has 0 aliphatic rings. The summed E-state index contributed by atoms with van der Waals surface area (Å²) >= 11 is 0. The van der Waals surface area contributed by atoms with E-state index in [1.54, 1.807) is 18.2 Å². The molecule has 6 nitrogen and oxygen atoms in total. The van der Waals surface area contributed by atoms with Crippen LogP contribution in [0.1, 0.15) is 5.56 Å². The van der Waals surface area contributed by atoms with Crippen LogP contribution in [-0.4, -0.2) is 23.0 Å². The molecule has 0 radical (unpaired) electrons. The number of aromatic nitrogens is 2. The van der Waals surface area contributed by atoms with E-state index in [-0.39, 0.29) is 24.1 Å². The molecule has 2 N–H and O–H groups in total. The van der Waals surface area contributed by atoms with Gasteiger partial charge in [0.25, 0.3) is 0 Å². The average Bonchev–Trinajstić information content (AvgIpc) is 2.45. The van der Waals surface area contributed by atoms with Gasteiger partial charge in [-0.25, -0.2) is 9.37 Å². The maximum Gasteiger partial charge on any atom is 0.245 e. The molecule has 0 unspecified atom stereocenters. The molecule has 0 aliphatic carbocycles. The van der Waals surface area contributed by atoms with E-state index >= 15 is 0 Å². The van der Waals surface area contributed by atoms with Crippen molar-refractivity contribution in [3.63, 3.8) is 0 Å². The Morgan fingerprint density at radius 2 is 2.25 bits per heavy atom. The summed E-state index contributed by atoms with van der Waals surface area (Å²) in [6.07, 6.45) is 1.54. The molecule has 1 heterocycles. The van der Waals surface area contributed by atoms with E-state index in [9.17, 15) is 9.18 Å². The molecular weight excluding hydrogens is 263 g/mol. The number of halogens is 1. The SMILES string of the molecule is COc1ccnc(NNC(=O)Cc2cccc(F)c2)n1. The number of hydrogen-bond acceptors (Lipinski definition) is 5. The van der Waals surface area contributed by atoms with E-state index in [0.717, 1.165) is 0 Å². The van der Waals surface area contributed by atoms with Crippen LogP contribution < -0.4 is 15.6 Å². The minimum atomic E-state index is -0.376. The predicted octanol–water partition coefficient (Wildman–Crippen LogP) is 1.31. The van der Waals surface area contributed by atoms with Crippen LogP contribution in [0.25, 0.3) is 0 Å². The summed E-state index contributed by atoms with van der Waals surface area (Å²) in [7, 11) is 1.48. The minimum Gasteiger partial charge on any atom is -0.481 e. The Morgan fingerprint density at radius 1 is 1.40 bits per heavy atom. The van der Waals surface area contributed by atoms with Crippen molar-refractivity contribution in [2.24, 2.45) is 0 Å². The van der Waals surface area contributed by atoms with E-state index in [4.69, 9.17) is 4.74 Å². The lowest BCUT2D eigenvalue weighted by Gasteiger charge is -2.07. The molecule has 0 aliphatic heterocycles. The Kier molecular flexibility index (Phi) is 4.43. The van der Waals surface area contributed by atoms with E-state index in [1.165, 1.54) is 25.4 Å². The zero-order valence-corrected chi connectivity index (χ0v) is 10.8. The quantitative estimate of drug-likeness (QED) is 0.805. The Bertz CT molecular complexity index is 606. The van der Waals surface area contributed by atoms with E-state index in [2.05, 4.69) is 20.8 Å². The number of carbonyl (C=O) groups excluding carboxylic acids is 1. The minimum absolute atomic E-state index is 0.0503. The van der Waals surface area contributed by atoms with Crippen molar-refractivity contribution in [2.75, 3.05) is 12.5 Å². The van der Waals surface area contributed by atoms with Gasteiger partial charge < -0.3 is 4.74 Å². The van der Waals surface area contributed by atoms with Crippen LogP contribution in [0.15, 0.2) is 36.5 Å². The number of anilines is 1. The van der Waals surface area contributed by atoms with Crippen molar-refractivity contribution in [2.45, 2.75) is 6.42 Å². The third kappa shape index (κ3) is 3.91. The number of hydrogen-bond donors (Lipinski definition) is 2. The van der Waals surface area contributed by atoms with Crippen LogP contribution in [0.5, 0.6) is 5.88 Å². The van der Waals surface area contributed by atoms with Crippen LogP contribution in [-0.2, 0) is 11.2 Å². The van der Waals surface area contributed by atoms with Crippen molar-refractivity contribution >= 4 is 11.9 Å². The number of hydrazine groups is 1. The van der Waals surface area contributed by atoms with Gasteiger partial charge in [-0.2, -0.15) is 4.98 Å². The molecule has 1 amide bonds. The number of benzene rings is 1. The van der Waals surface area contributed by atoms with Gasteiger partial charge in [-0.05, 0) is 17.7 Å². The number of nitrogens with one attached hydrogen (secondary N) is 2. The van der Waals surface area contributed by atoms with Gasteiger partial charge in [0, 0.05) is 12.3 Å². The molecule has 0 saturated carbocycles. The van der Waals surface area contributed by atoms with Crippen molar-refractivity contribution < 1.29 is 13.9 Å². The maximum absolute atomic E-state index is 13.0. The lowest BCUT2D eigenvalue weighted by atomic mass is 10.1. The number of methoxy groups -OCH3 is 1. The largest absolute Gasteiger partial charge is 0.481 e. The maximum atomic E-state index is 13.0. The van der Waals surface area contributed by atoms with Crippen molar-refractivity contribution in [1.29, 1.82) is 0 Å². The van der Waals surface area contributed by atoms with E-state index < -0.39 is 0 Å². The van der Waals surface area contributed by atoms with Gasteiger partial charge in [0.1, 0.15) is 5.82 Å². The van der Waals surface area contributed by atoms with Gasteiger partial charge in [0.05, 0.1) is 13.5 Å². The highest BCUT2D eigenvalue weighted by molar-refractivity contribution is 5.79. The summed E-state index contributed by atoms with van der Waals surface area (Å²) in [5.41, 5.74) is 5.56. The molecule has 0 saturated heterocycles. The molecule has 104 valence electrons. The summed E-state index contributed by atoms with van der Waals surface area (Å²) in [6.45, 7) is 0. The monoisotopic (exact) mass is 276 g/mol. The van der Waals surface area contributed by atoms with Gasteiger partial charge in [-0.3, -0.25) is 15.6 Å². The Hall–Kier alpha value is -2.70. The molecule has 1 aromatic carbocycles. The lowest BCUT2D eigenvalue weighted by molar-refractivity contribution is -0.119. The molecule has 2 aromatic rings. The third-order valence-corrected chi connectivity index (χ3v) is 2.41. The lowest BCUT2D eigenvalue weighted by Crippen LogP contribution is -2.31. The summed E-state index contributed by atoms with van der Waals surface area (Å²) < 4.78 is 17.9. The van der Waals surface area contributed by atoms with E-state index in [0.29, 0.717) is 11.4 Å². The van der Waals surface area contributed by atoms with Gasteiger partial charge in [0.2, 0.25) is 17.7 Å². The first-order chi connectivity index (χ1) is 9.67. The van der Waals surface area contributed by atoms with Crippen molar-refractivity contribution in [3.05, 3.63) is 47.9 Å². The van der Waals surface area contributed by atoms with Gasteiger partial charge >= 0.3 is 0 Å². The first-order valence-electron chi connectivity index (χ1n) is 5.83. The second-order valence-corrected chi connectivity index (χ2v) is 3.90. The van der Waals surface area contributed by atoms with Crippen molar-refractivity contribution in [1.82, 2.24) is 15.4 Å².